The number of alkyl halides is 3. The van der Waals surface area contributed by atoms with Crippen LogP contribution in [-0.4, -0.2) is 29.8 Å². The van der Waals surface area contributed by atoms with Crippen LogP contribution < -0.4 is 5.32 Å². The van der Waals surface area contributed by atoms with E-state index in [0.717, 1.165) is 0 Å². The van der Waals surface area contributed by atoms with Crippen molar-refractivity contribution >= 4 is 5.91 Å². The van der Waals surface area contributed by atoms with E-state index in [4.69, 9.17) is 5.11 Å². The van der Waals surface area contributed by atoms with Crippen molar-refractivity contribution in [2.75, 3.05) is 6.54 Å². The summed E-state index contributed by atoms with van der Waals surface area (Å²) in [6, 6.07) is 0. The monoisotopic (exact) mass is 199 g/mol. The van der Waals surface area contributed by atoms with Gasteiger partial charge in [-0.1, -0.05) is 6.92 Å². The highest BCUT2D eigenvalue weighted by molar-refractivity contribution is 5.76. The lowest BCUT2D eigenvalue weighted by Crippen LogP contribution is -2.34. The van der Waals surface area contributed by atoms with E-state index in [0.29, 0.717) is 6.42 Å². The molecule has 0 aromatic rings. The summed E-state index contributed by atoms with van der Waals surface area (Å²) < 4.78 is 34.8. The van der Waals surface area contributed by atoms with E-state index < -0.39 is 24.6 Å². The molecular weight excluding hydrogens is 187 g/mol. The van der Waals surface area contributed by atoms with E-state index in [2.05, 4.69) is 0 Å². The quantitative estimate of drug-likeness (QED) is 0.704. The second-order valence-electron chi connectivity index (χ2n) is 2.66. The minimum atomic E-state index is -4.48. The van der Waals surface area contributed by atoms with Gasteiger partial charge < -0.3 is 10.4 Å². The van der Waals surface area contributed by atoms with Gasteiger partial charge in [-0.2, -0.15) is 13.2 Å². The fourth-order valence-electron chi connectivity index (χ4n) is 0.621. The second-order valence-corrected chi connectivity index (χ2v) is 2.66. The molecule has 0 aliphatic heterocycles. The SMILES string of the molecule is CCC(O)CNC(=O)CC(F)(F)F. The Morgan fingerprint density at radius 2 is 2.08 bits per heavy atom. The van der Waals surface area contributed by atoms with E-state index in [-0.39, 0.29) is 6.54 Å². The lowest BCUT2D eigenvalue weighted by atomic mass is 10.3. The van der Waals surface area contributed by atoms with Gasteiger partial charge in [-0.05, 0) is 6.42 Å². The number of nitrogens with one attached hydrogen (secondary N) is 1. The number of amides is 1. The number of aliphatic hydroxyl groups excluding tert-OH is 1. The molecule has 0 rings (SSSR count). The third kappa shape index (κ3) is 7.58. The van der Waals surface area contributed by atoms with Gasteiger partial charge in [-0.3, -0.25) is 4.79 Å². The molecule has 0 radical (unpaired) electrons. The first-order valence-corrected chi connectivity index (χ1v) is 3.86. The summed E-state index contributed by atoms with van der Waals surface area (Å²) in [5, 5.41) is 10.9. The third-order valence-electron chi connectivity index (χ3n) is 1.37. The van der Waals surface area contributed by atoms with Crippen molar-refractivity contribution in [2.45, 2.75) is 32.0 Å². The molecule has 1 unspecified atom stereocenters. The number of hydrogen-bond donors (Lipinski definition) is 2. The number of carbonyl (C=O) groups is 1. The lowest BCUT2D eigenvalue weighted by molar-refractivity contribution is -0.154. The summed E-state index contributed by atoms with van der Waals surface area (Å²) in [4.78, 5) is 10.5. The minimum absolute atomic E-state index is 0.134. The number of halogens is 3. The Balaban J connectivity index is 3.64. The van der Waals surface area contributed by atoms with Crippen LogP contribution in [0.2, 0.25) is 0 Å². The minimum Gasteiger partial charge on any atom is -0.391 e. The standard InChI is InChI=1S/C7H12F3NO2/c1-2-5(12)4-11-6(13)3-7(8,9)10/h5,12H,2-4H2,1H3,(H,11,13). The molecule has 6 heteroatoms. The molecule has 0 fully saturated rings. The normalized spacial score (nSPS) is 13.9. The molecule has 0 bridgehead atoms. The lowest BCUT2D eigenvalue weighted by Gasteiger charge is -2.10. The summed E-state index contributed by atoms with van der Waals surface area (Å²) in [7, 11) is 0. The van der Waals surface area contributed by atoms with Crippen LogP contribution in [0.15, 0.2) is 0 Å². The maximum Gasteiger partial charge on any atom is 0.397 e. The van der Waals surface area contributed by atoms with Crippen LogP contribution in [0.3, 0.4) is 0 Å². The van der Waals surface area contributed by atoms with Crippen LogP contribution >= 0.6 is 0 Å². The maximum absolute atomic E-state index is 11.6. The molecule has 78 valence electrons. The Labute approximate surface area is 73.9 Å². The van der Waals surface area contributed by atoms with E-state index >= 15 is 0 Å². The van der Waals surface area contributed by atoms with Crippen LogP contribution in [0, 0.1) is 0 Å². The molecular formula is C7H12F3NO2. The fraction of sp³-hybridized carbons (Fsp3) is 0.857. The van der Waals surface area contributed by atoms with Gasteiger partial charge >= 0.3 is 6.18 Å². The van der Waals surface area contributed by atoms with Crippen molar-refractivity contribution in [3.05, 3.63) is 0 Å². The van der Waals surface area contributed by atoms with Crippen LogP contribution in [0.4, 0.5) is 13.2 Å². The Hall–Kier alpha value is -0.780. The van der Waals surface area contributed by atoms with Gasteiger partial charge in [-0.25, -0.2) is 0 Å². The highest BCUT2D eigenvalue weighted by Gasteiger charge is 2.31. The topological polar surface area (TPSA) is 49.3 Å². The second kappa shape index (κ2) is 5.06. The van der Waals surface area contributed by atoms with Gasteiger partial charge in [-0.15, -0.1) is 0 Å². The molecule has 1 atom stereocenters. The van der Waals surface area contributed by atoms with Crippen LogP contribution in [0.25, 0.3) is 0 Å². The van der Waals surface area contributed by atoms with Crippen molar-refractivity contribution in [1.29, 1.82) is 0 Å². The fourth-order valence-corrected chi connectivity index (χ4v) is 0.621. The van der Waals surface area contributed by atoms with E-state index in [1.54, 1.807) is 6.92 Å². The van der Waals surface area contributed by atoms with E-state index in [1.807, 2.05) is 5.32 Å². The average Bonchev–Trinajstić information content (AvgIpc) is 1.97. The molecule has 3 nitrogen and oxygen atoms in total. The Morgan fingerprint density at radius 3 is 2.46 bits per heavy atom. The molecule has 0 aromatic heterocycles. The molecule has 0 spiro atoms. The first kappa shape index (κ1) is 12.2. The van der Waals surface area contributed by atoms with Crippen molar-refractivity contribution in [2.24, 2.45) is 0 Å². The number of rotatable bonds is 4. The van der Waals surface area contributed by atoms with Gasteiger partial charge in [0.25, 0.3) is 0 Å². The predicted octanol–water partition coefficient (Wildman–Crippen LogP) is 0.826. The highest BCUT2D eigenvalue weighted by atomic mass is 19.4. The zero-order valence-electron chi connectivity index (χ0n) is 7.19. The number of carbonyl (C=O) groups excluding carboxylic acids is 1. The van der Waals surface area contributed by atoms with Crippen molar-refractivity contribution in [3.8, 4) is 0 Å². The van der Waals surface area contributed by atoms with Crippen LogP contribution in [-0.2, 0) is 4.79 Å². The van der Waals surface area contributed by atoms with Crippen LogP contribution in [0.1, 0.15) is 19.8 Å². The smallest absolute Gasteiger partial charge is 0.391 e. The van der Waals surface area contributed by atoms with Gasteiger partial charge in [0.05, 0.1) is 6.10 Å². The molecule has 1 amide bonds. The first-order valence-electron chi connectivity index (χ1n) is 3.86. The molecule has 0 saturated carbocycles. The summed E-state index contributed by atoms with van der Waals surface area (Å²) in [5.41, 5.74) is 0. The number of hydrogen-bond acceptors (Lipinski definition) is 2. The molecule has 2 N–H and O–H groups in total. The summed E-state index contributed by atoms with van der Waals surface area (Å²) in [5.74, 6) is -1.11. The zero-order chi connectivity index (χ0) is 10.5. The van der Waals surface area contributed by atoms with Crippen molar-refractivity contribution in [1.82, 2.24) is 5.32 Å². The Bertz CT molecular complexity index is 170. The molecule has 13 heavy (non-hydrogen) atoms. The molecule has 0 aliphatic carbocycles. The average molecular weight is 199 g/mol. The van der Waals surface area contributed by atoms with Crippen molar-refractivity contribution < 1.29 is 23.1 Å². The van der Waals surface area contributed by atoms with Crippen molar-refractivity contribution in [3.63, 3.8) is 0 Å². The third-order valence-corrected chi connectivity index (χ3v) is 1.37. The van der Waals surface area contributed by atoms with Gasteiger partial charge in [0.15, 0.2) is 0 Å². The summed E-state index contributed by atoms with van der Waals surface area (Å²) in [6.07, 6.45) is -6.37. The van der Waals surface area contributed by atoms with E-state index in [9.17, 15) is 18.0 Å². The van der Waals surface area contributed by atoms with E-state index in [1.165, 1.54) is 0 Å². The van der Waals surface area contributed by atoms with Gasteiger partial charge in [0, 0.05) is 6.54 Å². The Kier molecular flexibility index (Phi) is 4.76. The maximum atomic E-state index is 11.6. The highest BCUT2D eigenvalue weighted by Crippen LogP contribution is 2.18. The number of aliphatic hydroxyl groups is 1. The largest absolute Gasteiger partial charge is 0.397 e. The predicted molar refractivity (Wildman–Crippen MR) is 40.0 cm³/mol. The summed E-state index contributed by atoms with van der Waals surface area (Å²) >= 11 is 0. The van der Waals surface area contributed by atoms with Gasteiger partial charge in [0.1, 0.15) is 6.42 Å². The van der Waals surface area contributed by atoms with Crippen LogP contribution in [0.5, 0.6) is 0 Å². The summed E-state index contributed by atoms with van der Waals surface area (Å²) in [6.45, 7) is 1.53. The zero-order valence-corrected chi connectivity index (χ0v) is 7.19. The molecule has 0 aromatic carbocycles. The molecule has 0 aliphatic rings. The van der Waals surface area contributed by atoms with Gasteiger partial charge in [0.2, 0.25) is 5.91 Å². The molecule has 0 heterocycles. The Morgan fingerprint density at radius 1 is 1.54 bits per heavy atom. The molecule has 0 saturated heterocycles. The first-order chi connectivity index (χ1) is 5.85.